The molecule has 136 valence electrons. The van der Waals surface area contributed by atoms with Crippen LogP contribution >= 0.6 is 0 Å². The van der Waals surface area contributed by atoms with Crippen molar-refractivity contribution in [2.45, 2.75) is 32.4 Å². The number of carbonyl (C=O) groups excluding carboxylic acids is 1. The van der Waals surface area contributed by atoms with Gasteiger partial charge in [-0.3, -0.25) is 9.89 Å². The summed E-state index contributed by atoms with van der Waals surface area (Å²) in [5, 5.41) is 10.2. The van der Waals surface area contributed by atoms with Gasteiger partial charge in [0, 0.05) is 30.6 Å². The van der Waals surface area contributed by atoms with Crippen LogP contribution in [-0.4, -0.2) is 53.8 Å². The van der Waals surface area contributed by atoms with Crippen LogP contribution in [0.5, 0.6) is 5.75 Å². The van der Waals surface area contributed by atoms with E-state index in [1.54, 1.807) is 6.07 Å². The molecule has 6 nitrogen and oxygen atoms in total. The third kappa shape index (κ3) is 3.89. The minimum atomic E-state index is -2.89. The molecule has 2 N–H and O–H groups in total. The number of amides is 1. The van der Waals surface area contributed by atoms with Crippen molar-refractivity contribution in [1.82, 2.24) is 20.4 Å². The molecule has 1 aromatic heterocycles. The number of ether oxygens (including phenoxy) is 1. The van der Waals surface area contributed by atoms with Crippen LogP contribution < -0.4 is 10.1 Å². The number of rotatable bonds is 6. The summed E-state index contributed by atoms with van der Waals surface area (Å²) in [5.74, 6) is 0.421. The molecule has 1 aliphatic rings. The van der Waals surface area contributed by atoms with Gasteiger partial charge < -0.3 is 15.0 Å². The van der Waals surface area contributed by atoms with Crippen LogP contribution in [-0.2, 0) is 0 Å². The van der Waals surface area contributed by atoms with Gasteiger partial charge in [0.25, 0.3) is 5.91 Å². The Labute approximate surface area is 144 Å². The Bertz CT molecular complexity index is 749. The summed E-state index contributed by atoms with van der Waals surface area (Å²) in [6.45, 7) is 0.905. The van der Waals surface area contributed by atoms with Gasteiger partial charge in [-0.25, -0.2) is 0 Å². The molecule has 1 saturated heterocycles. The molecule has 0 aliphatic carbocycles. The number of alkyl halides is 2. The maximum atomic E-state index is 12.4. The second-order valence-electron chi connectivity index (χ2n) is 6.47. The van der Waals surface area contributed by atoms with Gasteiger partial charge in [0.1, 0.15) is 5.75 Å². The fourth-order valence-corrected chi connectivity index (χ4v) is 3.37. The lowest BCUT2D eigenvalue weighted by molar-refractivity contribution is -0.0497. The van der Waals surface area contributed by atoms with E-state index in [0.29, 0.717) is 29.4 Å². The van der Waals surface area contributed by atoms with Crippen molar-refractivity contribution < 1.29 is 18.3 Å². The molecule has 0 radical (unpaired) electrons. The molecule has 1 amide bonds. The highest BCUT2D eigenvalue weighted by atomic mass is 19.3. The molecule has 1 fully saturated rings. The monoisotopic (exact) mass is 352 g/mol. The molecule has 3 rings (SSSR count). The third-order valence-electron chi connectivity index (χ3n) is 4.83. The van der Waals surface area contributed by atoms with E-state index in [-0.39, 0.29) is 17.4 Å². The van der Waals surface area contributed by atoms with Crippen LogP contribution in [0.15, 0.2) is 18.2 Å². The smallest absolute Gasteiger partial charge is 0.387 e. The van der Waals surface area contributed by atoms with E-state index in [2.05, 4.69) is 39.1 Å². The van der Waals surface area contributed by atoms with E-state index < -0.39 is 6.61 Å². The predicted molar refractivity (Wildman–Crippen MR) is 89.9 cm³/mol. The number of benzene rings is 1. The summed E-state index contributed by atoms with van der Waals surface area (Å²) in [6.07, 6.45) is 2.21. The highest BCUT2D eigenvalue weighted by molar-refractivity contribution is 6.04. The summed E-state index contributed by atoms with van der Waals surface area (Å²) >= 11 is 0. The second-order valence-corrected chi connectivity index (χ2v) is 6.47. The molecular formula is C17H22F2N4O2. The second kappa shape index (κ2) is 7.35. The number of nitrogens with one attached hydrogen (secondary N) is 2. The van der Waals surface area contributed by atoms with Crippen LogP contribution in [0.1, 0.15) is 30.3 Å². The molecule has 0 spiro atoms. The van der Waals surface area contributed by atoms with Crippen LogP contribution in [0.25, 0.3) is 10.9 Å². The minimum Gasteiger partial charge on any atom is -0.435 e. The first-order valence-electron chi connectivity index (χ1n) is 8.39. The van der Waals surface area contributed by atoms with Gasteiger partial charge in [0.2, 0.25) is 0 Å². The average molecular weight is 352 g/mol. The first-order chi connectivity index (χ1) is 12.0. The standard InChI is InChI=1S/C17H22F2N4O2/c1-3-10-6-11(23(2)9-10)8-20-16(24)15-13-5-4-12(25-17(18)19)7-14(13)21-22-15/h4-5,7,10-11,17H,3,6,8-9H2,1-2H3,(H,20,24)(H,21,22)/t10?,11-/m0/s1. The number of nitrogens with zero attached hydrogens (tertiary/aromatic N) is 2. The normalized spacial score (nSPS) is 21.2. The van der Waals surface area contributed by atoms with Gasteiger partial charge in [0.15, 0.2) is 5.69 Å². The minimum absolute atomic E-state index is 0.0243. The quantitative estimate of drug-likeness (QED) is 0.838. The van der Waals surface area contributed by atoms with Crippen molar-refractivity contribution in [2.24, 2.45) is 5.92 Å². The summed E-state index contributed by atoms with van der Waals surface area (Å²) < 4.78 is 28.9. The molecule has 0 bridgehead atoms. The number of likely N-dealkylation sites (tertiary alicyclic amines) is 1. The number of hydrogen-bond donors (Lipinski definition) is 2. The number of likely N-dealkylation sites (N-methyl/N-ethyl adjacent to an activating group) is 1. The SMILES string of the molecule is CCC1C[C@@H](CNC(=O)c2n[nH]c3cc(OC(F)F)ccc23)N(C)C1. The molecule has 0 saturated carbocycles. The van der Waals surface area contributed by atoms with Crippen LogP contribution in [0, 0.1) is 5.92 Å². The zero-order chi connectivity index (χ0) is 18.0. The van der Waals surface area contributed by atoms with Crippen molar-refractivity contribution in [3.05, 3.63) is 23.9 Å². The zero-order valence-corrected chi connectivity index (χ0v) is 14.3. The highest BCUT2D eigenvalue weighted by Gasteiger charge is 2.28. The van der Waals surface area contributed by atoms with Gasteiger partial charge in [-0.15, -0.1) is 0 Å². The number of aromatic amines is 1. The third-order valence-corrected chi connectivity index (χ3v) is 4.83. The van der Waals surface area contributed by atoms with E-state index in [9.17, 15) is 13.6 Å². The van der Waals surface area contributed by atoms with Gasteiger partial charge in [-0.05, 0) is 31.5 Å². The lowest BCUT2D eigenvalue weighted by Gasteiger charge is -2.19. The molecule has 25 heavy (non-hydrogen) atoms. The highest BCUT2D eigenvalue weighted by Crippen LogP contribution is 2.25. The van der Waals surface area contributed by atoms with Gasteiger partial charge in [-0.1, -0.05) is 13.3 Å². The Morgan fingerprint density at radius 1 is 1.52 bits per heavy atom. The average Bonchev–Trinajstić information content (AvgIpc) is 3.15. The number of aromatic nitrogens is 2. The molecule has 2 atom stereocenters. The van der Waals surface area contributed by atoms with Gasteiger partial charge in [0.05, 0.1) is 5.52 Å². The van der Waals surface area contributed by atoms with Gasteiger partial charge in [-0.2, -0.15) is 13.9 Å². The van der Waals surface area contributed by atoms with E-state index in [1.807, 2.05) is 0 Å². The molecular weight excluding hydrogens is 330 g/mol. The Morgan fingerprint density at radius 3 is 3.00 bits per heavy atom. The van der Waals surface area contributed by atoms with Crippen LogP contribution in [0.3, 0.4) is 0 Å². The number of halogens is 2. The first kappa shape index (κ1) is 17.6. The number of hydrogen-bond acceptors (Lipinski definition) is 4. The van der Waals surface area contributed by atoms with Crippen LogP contribution in [0.2, 0.25) is 0 Å². The fraction of sp³-hybridized carbons (Fsp3) is 0.529. The molecule has 2 aromatic rings. The molecule has 1 aliphatic heterocycles. The molecule has 1 aromatic carbocycles. The van der Waals surface area contributed by atoms with Crippen molar-refractivity contribution in [2.75, 3.05) is 20.1 Å². The Kier molecular flexibility index (Phi) is 5.17. The Balaban J connectivity index is 1.66. The summed E-state index contributed by atoms with van der Waals surface area (Å²) in [6, 6.07) is 4.68. The predicted octanol–water partition coefficient (Wildman–Crippen LogP) is 2.62. The van der Waals surface area contributed by atoms with Crippen LogP contribution in [0.4, 0.5) is 8.78 Å². The molecule has 8 heteroatoms. The van der Waals surface area contributed by atoms with Crippen molar-refractivity contribution in [3.63, 3.8) is 0 Å². The lowest BCUT2D eigenvalue weighted by atomic mass is 10.0. The topological polar surface area (TPSA) is 70.2 Å². The Hall–Kier alpha value is -2.22. The maximum Gasteiger partial charge on any atom is 0.387 e. The zero-order valence-electron chi connectivity index (χ0n) is 14.3. The van der Waals surface area contributed by atoms with Gasteiger partial charge >= 0.3 is 6.61 Å². The van der Waals surface area contributed by atoms with Crippen molar-refractivity contribution in [3.8, 4) is 5.75 Å². The fourth-order valence-electron chi connectivity index (χ4n) is 3.37. The number of fused-ring (bicyclic) bond motifs is 1. The largest absolute Gasteiger partial charge is 0.435 e. The van der Waals surface area contributed by atoms with E-state index in [1.165, 1.54) is 12.1 Å². The molecule has 2 heterocycles. The summed E-state index contributed by atoms with van der Waals surface area (Å²) in [4.78, 5) is 14.7. The van der Waals surface area contributed by atoms with E-state index in [4.69, 9.17) is 0 Å². The summed E-state index contributed by atoms with van der Waals surface area (Å²) in [5.41, 5.74) is 0.735. The lowest BCUT2D eigenvalue weighted by Crippen LogP contribution is -2.38. The first-order valence-corrected chi connectivity index (χ1v) is 8.39. The maximum absolute atomic E-state index is 12.4. The van der Waals surface area contributed by atoms with E-state index >= 15 is 0 Å². The number of carbonyl (C=O) groups is 1. The Morgan fingerprint density at radius 2 is 2.32 bits per heavy atom. The van der Waals surface area contributed by atoms with E-state index in [0.717, 1.165) is 19.4 Å². The molecule has 1 unspecified atom stereocenters. The van der Waals surface area contributed by atoms with Crippen molar-refractivity contribution >= 4 is 16.8 Å². The summed E-state index contributed by atoms with van der Waals surface area (Å²) in [7, 11) is 2.07. The number of H-pyrrole nitrogens is 1. The van der Waals surface area contributed by atoms with Crippen molar-refractivity contribution in [1.29, 1.82) is 0 Å².